The van der Waals surface area contributed by atoms with Crippen LogP contribution < -0.4 is 5.32 Å². The van der Waals surface area contributed by atoms with Gasteiger partial charge in [-0.3, -0.25) is 4.79 Å². The van der Waals surface area contributed by atoms with Crippen LogP contribution in [0.1, 0.15) is 70.8 Å². The van der Waals surface area contributed by atoms with Gasteiger partial charge in [-0.2, -0.15) is 0 Å². The third-order valence-corrected chi connectivity index (χ3v) is 6.68. The second kappa shape index (κ2) is 9.89. The molecule has 0 bridgehead atoms. The molecule has 0 spiro atoms. The fraction of sp³-hybridized carbons (Fsp3) is 0.708. The Hall–Kier alpha value is -1.39. The van der Waals surface area contributed by atoms with Crippen molar-refractivity contribution >= 4 is 5.91 Å². The Kier molecular flexibility index (Phi) is 7.53. The topological polar surface area (TPSA) is 52.6 Å². The Labute approximate surface area is 170 Å². The fourth-order valence-corrected chi connectivity index (χ4v) is 4.91. The van der Waals surface area contributed by atoms with Crippen molar-refractivity contribution in [2.45, 2.75) is 76.9 Å². The molecule has 1 atom stereocenters. The lowest BCUT2D eigenvalue weighted by Gasteiger charge is -2.37. The van der Waals surface area contributed by atoms with Crippen LogP contribution in [-0.4, -0.2) is 41.6 Å². The van der Waals surface area contributed by atoms with E-state index in [0.29, 0.717) is 0 Å². The van der Waals surface area contributed by atoms with E-state index in [-0.39, 0.29) is 17.9 Å². The van der Waals surface area contributed by atoms with Gasteiger partial charge >= 0.3 is 0 Å². The van der Waals surface area contributed by atoms with Crippen LogP contribution >= 0.6 is 0 Å². The monoisotopic (exact) mass is 386 g/mol. The van der Waals surface area contributed by atoms with E-state index in [9.17, 15) is 9.90 Å². The number of carbonyl (C=O) groups excluding carboxylic acids is 1. The first-order valence-electron chi connectivity index (χ1n) is 11.3. The molecule has 2 aliphatic rings. The number of piperidine rings is 1. The Balaban J connectivity index is 1.58. The minimum absolute atomic E-state index is 0.0195. The molecule has 3 rings (SSSR count). The molecule has 1 saturated carbocycles. The van der Waals surface area contributed by atoms with E-state index in [1.54, 1.807) is 0 Å². The molecule has 2 fully saturated rings. The first-order valence-corrected chi connectivity index (χ1v) is 11.3. The molecule has 2 N–H and O–H groups in total. The largest absolute Gasteiger partial charge is 0.375 e. The van der Waals surface area contributed by atoms with Crippen molar-refractivity contribution in [1.29, 1.82) is 0 Å². The number of nitrogens with zero attached hydrogens (tertiary/aromatic N) is 1. The van der Waals surface area contributed by atoms with E-state index in [4.69, 9.17) is 0 Å². The van der Waals surface area contributed by atoms with E-state index in [1.165, 1.54) is 12.8 Å². The Morgan fingerprint density at radius 3 is 2.39 bits per heavy atom. The van der Waals surface area contributed by atoms with Gasteiger partial charge in [0.15, 0.2) is 5.60 Å². The van der Waals surface area contributed by atoms with E-state index >= 15 is 0 Å². The summed E-state index contributed by atoms with van der Waals surface area (Å²) >= 11 is 0. The number of rotatable bonds is 8. The molecule has 1 amide bonds. The number of aliphatic hydroxyl groups is 1. The number of amides is 1. The number of hydrogen-bond donors (Lipinski definition) is 2. The van der Waals surface area contributed by atoms with Crippen molar-refractivity contribution < 1.29 is 9.90 Å². The zero-order valence-corrected chi connectivity index (χ0v) is 17.7. The second-order valence-corrected chi connectivity index (χ2v) is 9.24. The fourth-order valence-electron chi connectivity index (χ4n) is 4.91. The Morgan fingerprint density at radius 2 is 1.79 bits per heavy atom. The first-order chi connectivity index (χ1) is 13.5. The summed E-state index contributed by atoms with van der Waals surface area (Å²) in [5.41, 5.74) is -0.655. The standard InChI is InChI=1S/C24H38N2O2/c1-19(2)9-8-16-26-17-14-22(15-18-26)25-23(27)24(28,21-12-6-7-13-21)20-10-4-3-5-11-20/h3-5,10-11,19,21-22,28H,6-9,12-18H2,1-2H3,(H,25,27). The van der Waals surface area contributed by atoms with Crippen molar-refractivity contribution in [3.05, 3.63) is 35.9 Å². The maximum atomic E-state index is 13.3. The summed E-state index contributed by atoms with van der Waals surface area (Å²) in [5.74, 6) is 0.595. The lowest BCUT2D eigenvalue weighted by Crippen LogP contribution is -2.54. The van der Waals surface area contributed by atoms with Gasteiger partial charge < -0.3 is 15.3 Å². The number of benzene rings is 1. The highest BCUT2D eigenvalue weighted by Crippen LogP contribution is 2.41. The van der Waals surface area contributed by atoms with Crippen LogP contribution in [0.3, 0.4) is 0 Å². The van der Waals surface area contributed by atoms with Crippen molar-refractivity contribution in [2.75, 3.05) is 19.6 Å². The summed E-state index contributed by atoms with van der Waals surface area (Å²) in [6.45, 7) is 7.79. The van der Waals surface area contributed by atoms with Crippen LogP contribution in [0.15, 0.2) is 30.3 Å². The second-order valence-electron chi connectivity index (χ2n) is 9.24. The highest BCUT2D eigenvalue weighted by molar-refractivity contribution is 5.87. The van der Waals surface area contributed by atoms with Crippen molar-refractivity contribution in [2.24, 2.45) is 11.8 Å². The van der Waals surface area contributed by atoms with E-state index < -0.39 is 5.60 Å². The molecule has 1 saturated heterocycles. The van der Waals surface area contributed by atoms with Gasteiger partial charge in [0, 0.05) is 25.0 Å². The molecule has 0 aromatic heterocycles. The van der Waals surface area contributed by atoms with Crippen LogP contribution in [0.4, 0.5) is 0 Å². The molecule has 4 nitrogen and oxygen atoms in total. The van der Waals surface area contributed by atoms with Gasteiger partial charge in [-0.05, 0) is 56.6 Å². The summed E-state index contributed by atoms with van der Waals surface area (Å²) in [5, 5.41) is 14.8. The van der Waals surface area contributed by atoms with E-state index in [1.807, 2.05) is 30.3 Å². The Morgan fingerprint density at radius 1 is 1.14 bits per heavy atom. The predicted octanol–water partition coefficient (Wildman–Crippen LogP) is 4.08. The maximum Gasteiger partial charge on any atom is 0.257 e. The number of hydrogen-bond acceptors (Lipinski definition) is 3. The van der Waals surface area contributed by atoms with Gasteiger partial charge in [0.25, 0.3) is 5.91 Å². The highest BCUT2D eigenvalue weighted by Gasteiger charge is 2.46. The molecular formula is C24H38N2O2. The van der Waals surface area contributed by atoms with Crippen molar-refractivity contribution in [3.8, 4) is 0 Å². The number of carbonyl (C=O) groups is 1. The van der Waals surface area contributed by atoms with Crippen LogP contribution in [0.5, 0.6) is 0 Å². The lowest BCUT2D eigenvalue weighted by molar-refractivity contribution is -0.148. The normalized spacial score (nSPS) is 21.7. The molecular weight excluding hydrogens is 348 g/mol. The average molecular weight is 387 g/mol. The van der Waals surface area contributed by atoms with Crippen molar-refractivity contribution in [1.82, 2.24) is 10.2 Å². The first kappa shape index (κ1) is 21.3. The summed E-state index contributed by atoms with van der Waals surface area (Å²) < 4.78 is 0. The van der Waals surface area contributed by atoms with E-state index in [0.717, 1.165) is 69.6 Å². The molecule has 1 aliphatic heterocycles. The third-order valence-electron chi connectivity index (χ3n) is 6.68. The van der Waals surface area contributed by atoms with Crippen LogP contribution in [-0.2, 0) is 10.4 Å². The van der Waals surface area contributed by atoms with Crippen LogP contribution in [0, 0.1) is 11.8 Å². The third kappa shape index (κ3) is 5.15. The Bertz CT molecular complexity index is 604. The summed E-state index contributed by atoms with van der Waals surface area (Å²) in [4.78, 5) is 15.8. The van der Waals surface area contributed by atoms with E-state index in [2.05, 4.69) is 24.1 Å². The minimum Gasteiger partial charge on any atom is -0.375 e. The molecule has 0 radical (unpaired) electrons. The van der Waals surface area contributed by atoms with Gasteiger partial charge in [-0.25, -0.2) is 0 Å². The summed E-state index contributed by atoms with van der Waals surface area (Å²) in [7, 11) is 0. The quantitative estimate of drug-likeness (QED) is 0.708. The highest BCUT2D eigenvalue weighted by atomic mass is 16.3. The molecule has 1 heterocycles. The van der Waals surface area contributed by atoms with Gasteiger partial charge in [-0.15, -0.1) is 0 Å². The average Bonchev–Trinajstić information content (AvgIpc) is 3.24. The van der Waals surface area contributed by atoms with Crippen molar-refractivity contribution in [3.63, 3.8) is 0 Å². The summed E-state index contributed by atoms with van der Waals surface area (Å²) in [6.07, 6.45) is 8.53. The predicted molar refractivity (Wildman–Crippen MR) is 114 cm³/mol. The molecule has 4 heteroatoms. The van der Waals surface area contributed by atoms with Gasteiger partial charge in [0.2, 0.25) is 0 Å². The molecule has 28 heavy (non-hydrogen) atoms. The lowest BCUT2D eigenvalue weighted by atomic mass is 9.79. The smallest absolute Gasteiger partial charge is 0.257 e. The zero-order chi connectivity index (χ0) is 20.0. The van der Waals surface area contributed by atoms with Gasteiger partial charge in [0.1, 0.15) is 0 Å². The number of likely N-dealkylation sites (tertiary alicyclic amines) is 1. The van der Waals surface area contributed by atoms with Crippen LogP contribution in [0.25, 0.3) is 0 Å². The molecule has 1 aliphatic carbocycles. The SMILES string of the molecule is CC(C)CCCN1CCC(NC(=O)C(O)(c2ccccc2)C2CCCC2)CC1. The minimum atomic E-state index is -1.40. The van der Waals surface area contributed by atoms with Gasteiger partial charge in [0.05, 0.1) is 0 Å². The molecule has 1 aromatic rings. The zero-order valence-electron chi connectivity index (χ0n) is 17.7. The molecule has 156 valence electrons. The summed E-state index contributed by atoms with van der Waals surface area (Å²) in [6, 6.07) is 9.73. The maximum absolute atomic E-state index is 13.3. The molecule has 1 aromatic carbocycles. The number of nitrogens with one attached hydrogen (secondary N) is 1. The molecule has 1 unspecified atom stereocenters. The van der Waals surface area contributed by atoms with Gasteiger partial charge in [-0.1, -0.05) is 57.0 Å². The van der Waals surface area contributed by atoms with Crippen LogP contribution in [0.2, 0.25) is 0 Å².